The molecule has 5 rings (SSSR count). The number of carbonyl (C=O) groups is 2. The van der Waals surface area contributed by atoms with Crippen molar-refractivity contribution in [3.8, 4) is 17.5 Å². The van der Waals surface area contributed by atoms with E-state index in [1.807, 2.05) is 82.1 Å². The first kappa shape index (κ1) is 22.0. The number of benzene rings is 2. The molecule has 2 aromatic carbocycles. The number of carbonyl (C=O) groups excluding carboxylic acids is 2. The molecule has 0 atom stereocenters. The molecule has 2 aliphatic heterocycles. The third kappa shape index (κ3) is 4.34. The average Bonchev–Trinajstić information content (AvgIpc) is 3.47. The molecule has 2 aliphatic rings. The number of aromatic nitrogens is 2. The molecule has 2 amide bonds. The lowest BCUT2D eigenvalue weighted by Gasteiger charge is -2.38. The monoisotopic (exact) mass is 452 g/mol. The van der Waals surface area contributed by atoms with Crippen molar-refractivity contribution in [2.75, 3.05) is 26.2 Å². The zero-order valence-corrected chi connectivity index (χ0v) is 19.4. The van der Waals surface area contributed by atoms with Gasteiger partial charge in [0.05, 0.1) is 23.1 Å². The van der Waals surface area contributed by atoms with Gasteiger partial charge in [0.2, 0.25) is 0 Å². The summed E-state index contributed by atoms with van der Waals surface area (Å²) in [6.07, 6.45) is 4.46. The fraction of sp³-hybridized carbons (Fsp3) is 0.321. The molecule has 34 heavy (non-hydrogen) atoms. The molecule has 0 bridgehead atoms. The number of para-hydroxylation sites is 1. The van der Waals surface area contributed by atoms with E-state index in [1.165, 1.54) is 0 Å². The Kier molecular flexibility index (Phi) is 5.93. The summed E-state index contributed by atoms with van der Waals surface area (Å²) in [7, 11) is 0. The van der Waals surface area contributed by atoms with Crippen LogP contribution in [0.1, 0.15) is 40.9 Å². The van der Waals surface area contributed by atoms with Crippen molar-refractivity contribution >= 4 is 11.8 Å². The second kappa shape index (κ2) is 9.18. The van der Waals surface area contributed by atoms with Gasteiger partial charge in [-0.2, -0.15) is 5.10 Å². The molecule has 0 radical (unpaired) electrons. The van der Waals surface area contributed by atoms with E-state index in [2.05, 4.69) is 16.9 Å². The SMILES string of the molecule is Cc1c(C(=O)N2CCC3(CCN(C(=O)C#Cc4ccccc4)CC3)C2)cnn1-c1ccccc1. The third-order valence-electron chi connectivity index (χ3n) is 7.17. The van der Waals surface area contributed by atoms with Gasteiger partial charge in [0, 0.05) is 37.7 Å². The van der Waals surface area contributed by atoms with E-state index in [0.717, 1.165) is 49.3 Å². The maximum Gasteiger partial charge on any atom is 0.298 e. The summed E-state index contributed by atoms with van der Waals surface area (Å²) in [6, 6.07) is 19.4. The molecule has 0 unspecified atom stereocenters. The van der Waals surface area contributed by atoms with E-state index in [0.29, 0.717) is 18.7 Å². The number of hydrogen-bond donors (Lipinski definition) is 0. The highest BCUT2D eigenvalue weighted by Gasteiger charge is 2.43. The van der Waals surface area contributed by atoms with Gasteiger partial charge in [-0.3, -0.25) is 9.59 Å². The summed E-state index contributed by atoms with van der Waals surface area (Å²) in [4.78, 5) is 29.7. The van der Waals surface area contributed by atoms with Gasteiger partial charge in [-0.25, -0.2) is 4.68 Å². The highest BCUT2D eigenvalue weighted by Crippen LogP contribution is 2.41. The van der Waals surface area contributed by atoms with Gasteiger partial charge < -0.3 is 9.80 Å². The number of piperidine rings is 1. The van der Waals surface area contributed by atoms with Crippen LogP contribution in [-0.4, -0.2) is 57.6 Å². The first-order valence-electron chi connectivity index (χ1n) is 11.8. The lowest BCUT2D eigenvalue weighted by atomic mass is 9.78. The average molecular weight is 453 g/mol. The van der Waals surface area contributed by atoms with Crippen molar-refractivity contribution in [2.24, 2.45) is 5.41 Å². The minimum atomic E-state index is -0.117. The molecule has 3 heterocycles. The van der Waals surface area contributed by atoms with Gasteiger partial charge in [-0.15, -0.1) is 0 Å². The maximum absolute atomic E-state index is 13.3. The fourth-order valence-corrected chi connectivity index (χ4v) is 5.05. The lowest BCUT2D eigenvalue weighted by Crippen LogP contribution is -2.44. The number of amides is 2. The Morgan fingerprint density at radius 3 is 2.18 bits per heavy atom. The van der Waals surface area contributed by atoms with Crippen molar-refractivity contribution in [1.82, 2.24) is 19.6 Å². The molecule has 1 aromatic heterocycles. The number of likely N-dealkylation sites (tertiary alicyclic amines) is 2. The van der Waals surface area contributed by atoms with Crippen molar-refractivity contribution < 1.29 is 9.59 Å². The predicted octanol–water partition coefficient (Wildman–Crippen LogP) is 3.69. The van der Waals surface area contributed by atoms with Gasteiger partial charge in [-0.05, 0) is 55.9 Å². The van der Waals surface area contributed by atoms with E-state index in [-0.39, 0.29) is 17.2 Å². The quantitative estimate of drug-likeness (QED) is 0.558. The Hall–Kier alpha value is -3.85. The van der Waals surface area contributed by atoms with Crippen molar-refractivity contribution in [2.45, 2.75) is 26.2 Å². The molecule has 0 aliphatic carbocycles. The van der Waals surface area contributed by atoms with E-state index >= 15 is 0 Å². The molecule has 6 nitrogen and oxygen atoms in total. The van der Waals surface area contributed by atoms with Crippen LogP contribution in [0.3, 0.4) is 0 Å². The summed E-state index contributed by atoms with van der Waals surface area (Å²) in [5.41, 5.74) is 3.39. The molecule has 1 spiro atoms. The van der Waals surface area contributed by atoms with E-state index in [1.54, 1.807) is 6.20 Å². The van der Waals surface area contributed by atoms with Crippen LogP contribution in [0, 0.1) is 24.2 Å². The summed E-state index contributed by atoms with van der Waals surface area (Å²) >= 11 is 0. The van der Waals surface area contributed by atoms with Crippen molar-refractivity contribution in [3.63, 3.8) is 0 Å². The second-order valence-corrected chi connectivity index (χ2v) is 9.28. The molecule has 2 fully saturated rings. The lowest BCUT2D eigenvalue weighted by molar-refractivity contribution is -0.127. The van der Waals surface area contributed by atoms with Gasteiger partial charge in [0.1, 0.15) is 0 Å². The summed E-state index contributed by atoms with van der Waals surface area (Å²) in [5.74, 6) is 5.67. The highest BCUT2D eigenvalue weighted by atomic mass is 16.2. The van der Waals surface area contributed by atoms with E-state index < -0.39 is 0 Å². The second-order valence-electron chi connectivity index (χ2n) is 9.28. The predicted molar refractivity (Wildman–Crippen MR) is 130 cm³/mol. The number of rotatable bonds is 2. The number of hydrogen-bond acceptors (Lipinski definition) is 3. The van der Waals surface area contributed by atoms with E-state index in [9.17, 15) is 9.59 Å². The Labute approximate surface area is 200 Å². The molecule has 172 valence electrons. The molecular formula is C28H28N4O2. The molecule has 3 aromatic rings. The minimum absolute atomic E-state index is 0.0452. The Morgan fingerprint density at radius 2 is 1.50 bits per heavy atom. The van der Waals surface area contributed by atoms with Crippen LogP contribution >= 0.6 is 0 Å². The van der Waals surface area contributed by atoms with Crippen molar-refractivity contribution in [3.05, 3.63) is 83.7 Å². The smallest absolute Gasteiger partial charge is 0.298 e. The normalized spacial score (nSPS) is 16.9. The molecule has 0 saturated carbocycles. The highest BCUT2D eigenvalue weighted by molar-refractivity contribution is 5.95. The van der Waals surface area contributed by atoms with Gasteiger partial charge in [0.25, 0.3) is 11.8 Å². The van der Waals surface area contributed by atoms with Crippen LogP contribution in [0.5, 0.6) is 0 Å². The topological polar surface area (TPSA) is 58.4 Å². The number of nitrogens with zero attached hydrogens (tertiary/aromatic N) is 4. The van der Waals surface area contributed by atoms with Crippen molar-refractivity contribution in [1.29, 1.82) is 0 Å². The van der Waals surface area contributed by atoms with Gasteiger partial charge in [0.15, 0.2) is 0 Å². The van der Waals surface area contributed by atoms with Gasteiger partial charge >= 0.3 is 0 Å². The molecule has 2 saturated heterocycles. The first-order chi connectivity index (χ1) is 16.5. The molecule has 0 N–H and O–H groups in total. The zero-order chi connectivity index (χ0) is 23.5. The Morgan fingerprint density at radius 1 is 0.882 bits per heavy atom. The maximum atomic E-state index is 13.3. The Balaban J connectivity index is 1.20. The van der Waals surface area contributed by atoms with Gasteiger partial charge in [-0.1, -0.05) is 42.3 Å². The van der Waals surface area contributed by atoms with Crippen LogP contribution in [0.25, 0.3) is 5.69 Å². The molecular weight excluding hydrogens is 424 g/mol. The summed E-state index contributed by atoms with van der Waals surface area (Å²) < 4.78 is 1.82. The zero-order valence-electron chi connectivity index (χ0n) is 19.4. The molecule has 6 heteroatoms. The summed E-state index contributed by atoms with van der Waals surface area (Å²) in [5, 5.41) is 4.46. The summed E-state index contributed by atoms with van der Waals surface area (Å²) in [6.45, 7) is 4.81. The standard InChI is InChI=1S/C28H28N4O2/c1-22-25(20-29-32(22)24-10-6-3-7-11-24)27(34)31-19-16-28(21-31)14-17-30(18-15-28)26(33)13-12-23-8-4-2-5-9-23/h2-11,20H,14-19,21H2,1H3. The van der Waals surface area contributed by atoms with Crippen LogP contribution in [0.2, 0.25) is 0 Å². The van der Waals surface area contributed by atoms with Crippen LogP contribution < -0.4 is 0 Å². The van der Waals surface area contributed by atoms with Crippen LogP contribution in [-0.2, 0) is 4.79 Å². The minimum Gasteiger partial charge on any atom is -0.338 e. The van der Waals surface area contributed by atoms with Crippen LogP contribution in [0.15, 0.2) is 66.9 Å². The Bertz CT molecular complexity index is 1250. The third-order valence-corrected chi connectivity index (χ3v) is 7.17. The van der Waals surface area contributed by atoms with E-state index in [4.69, 9.17) is 0 Å². The largest absolute Gasteiger partial charge is 0.338 e. The first-order valence-corrected chi connectivity index (χ1v) is 11.8. The fourth-order valence-electron chi connectivity index (χ4n) is 5.05. The van der Waals surface area contributed by atoms with Crippen LogP contribution in [0.4, 0.5) is 0 Å².